The van der Waals surface area contributed by atoms with Crippen LogP contribution in [0, 0.1) is 0 Å². The van der Waals surface area contributed by atoms with Crippen molar-refractivity contribution in [3.63, 3.8) is 0 Å². The number of quaternary nitrogens is 4. The highest BCUT2D eigenvalue weighted by molar-refractivity contribution is 5.58. The third-order valence-electron chi connectivity index (χ3n) is 10.9. The summed E-state index contributed by atoms with van der Waals surface area (Å²) in [5, 5.41) is 0. The Labute approximate surface area is 336 Å². The minimum absolute atomic E-state index is 0.665. The van der Waals surface area contributed by atoms with Gasteiger partial charge >= 0.3 is 0 Å². The molecule has 0 spiro atoms. The highest BCUT2D eigenvalue weighted by Gasteiger charge is 2.25. The topological polar surface area (TPSA) is 147 Å². The molecule has 0 atom stereocenters. The maximum atomic E-state index is 6.86. The summed E-state index contributed by atoms with van der Waals surface area (Å²) in [6, 6.07) is 18.5. The summed E-state index contributed by atoms with van der Waals surface area (Å²) in [7, 11) is 0. The Morgan fingerprint density at radius 2 is 0.518 bits per heavy atom. The van der Waals surface area contributed by atoms with E-state index in [0.717, 1.165) is 74.4 Å². The molecule has 1 aliphatic carbocycles. The molecule has 0 amide bonds. The van der Waals surface area contributed by atoms with Gasteiger partial charge in [0, 0.05) is 47.9 Å². The van der Waals surface area contributed by atoms with Crippen LogP contribution >= 0.6 is 0 Å². The number of hydrogen-bond donors (Lipinski definition) is 4. The molecule has 0 fully saturated rings. The van der Waals surface area contributed by atoms with Crippen molar-refractivity contribution in [1.82, 2.24) is 0 Å². The highest BCUT2D eigenvalue weighted by atomic mass is 16.5. The van der Waals surface area contributed by atoms with E-state index in [9.17, 15) is 0 Å². The van der Waals surface area contributed by atoms with Crippen molar-refractivity contribution in [2.24, 2.45) is 0 Å². The van der Waals surface area contributed by atoms with Gasteiger partial charge in [-0.1, -0.05) is 53.4 Å². The highest BCUT2D eigenvalue weighted by Crippen LogP contribution is 2.41. The summed E-state index contributed by atoms with van der Waals surface area (Å²) < 4.78 is 27.4. The van der Waals surface area contributed by atoms with Gasteiger partial charge in [-0.15, -0.1) is 0 Å². The van der Waals surface area contributed by atoms with Crippen molar-refractivity contribution < 1.29 is 41.9 Å². The van der Waals surface area contributed by atoms with Gasteiger partial charge in [-0.25, -0.2) is 0 Å². The fourth-order valence-corrected chi connectivity index (χ4v) is 7.77. The molecule has 8 nitrogen and oxygen atoms in total. The first-order valence-corrected chi connectivity index (χ1v) is 21.7. The molecule has 0 aromatic heterocycles. The number of fused-ring (bicyclic) bond motifs is 8. The van der Waals surface area contributed by atoms with E-state index in [-0.39, 0.29) is 0 Å². The third-order valence-corrected chi connectivity index (χ3v) is 10.9. The molecule has 1 aliphatic rings. The summed E-state index contributed by atoms with van der Waals surface area (Å²) >= 11 is 0. The van der Waals surface area contributed by atoms with Gasteiger partial charge in [0.1, 0.15) is 23.0 Å². The van der Waals surface area contributed by atoms with Crippen LogP contribution in [0.1, 0.15) is 146 Å². The molecule has 0 saturated carbocycles. The number of rotatable bonds is 20. The Hall–Kier alpha value is -4.08. The van der Waals surface area contributed by atoms with Crippen molar-refractivity contribution in [2.45, 2.75) is 131 Å². The van der Waals surface area contributed by atoms with Crippen molar-refractivity contribution in [3.8, 4) is 23.0 Å². The van der Waals surface area contributed by atoms with Gasteiger partial charge in [0.25, 0.3) is 0 Å². The zero-order valence-corrected chi connectivity index (χ0v) is 35.2. The SMILES string of the molecule is CCCCOc1c2cc(C[NH3+])cc1Cc1cc(C[NH3+])cc(c1OCCCC)Cc1cc(C[NH3+])cc(c1OCCCC)Cc1cc(C[NH3+])cc(c1OCCCC)C2. The average Bonchev–Trinajstić information content (AvgIpc) is 3.20. The summed E-state index contributed by atoms with van der Waals surface area (Å²) in [4.78, 5) is 0. The van der Waals surface area contributed by atoms with Gasteiger partial charge in [-0.2, -0.15) is 0 Å². The first-order valence-electron chi connectivity index (χ1n) is 21.7. The van der Waals surface area contributed by atoms with Gasteiger partial charge < -0.3 is 41.9 Å². The molecule has 0 unspecified atom stereocenters. The Kier molecular flexibility index (Phi) is 16.9. The van der Waals surface area contributed by atoms with Crippen LogP contribution in [-0.4, -0.2) is 26.4 Å². The first kappa shape index (κ1) is 43.1. The maximum absolute atomic E-state index is 6.86. The zero-order valence-electron chi connectivity index (χ0n) is 35.2. The van der Waals surface area contributed by atoms with E-state index in [2.05, 4.69) is 99.2 Å². The van der Waals surface area contributed by atoms with E-state index in [1.165, 1.54) is 66.8 Å². The molecular formula is C48H72N4O4+4. The average molecular weight is 769 g/mol. The summed E-state index contributed by atoms with van der Waals surface area (Å²) in [5.41, 5.74) is 31.6. The second-order valence-electron chi connectivity index (χ2n) is 15.5. The molecule has 0 radical (unpaired) electrons. The monoisotopic (exact) mass is 769 g/mol. The largest absolute Gasteiger partial charge is 0.493 e. The van der Waals surface area contributed by atoms with Gasteiger partial charge in [-0.3, -0.25) is 0 Å². The number of benzene rings is 4. The second-order valence-corrected chi connectivity index (χ2v) is 15.5. The van der Waals surface area contributed by atoms with E-state index < -0.39 is 0 Å². The van der Waals surface area contributed by atoms with Crippen molar-refractivity contribution in [2.75, 3.05) is 26.4 Å². The minimum Gasteiger partial charge on any atom is -0.493 e. The van der Waals surface area contributed by atoms with Gasteiger partial charge in [0.05, 0.1) is 52.6 Å². The molecule has 8 bridgehead atoms. The Bertz CT molecular complexity index is 1510. The quantitative estimate of drug-likeness (QED) is 0.0715. The molecule has 0 aliphatic heterocycles. The van der Waals surface area contributed by atoms with Gasteiger partial charge in [0.2, 0.25) is 0 Å². The van der Waals surface area contributed by atoms with Gasteiger partial charge in [0.15, 0.2) is 0 Å². The Balaban J connectivity index is 1.87. The summed E-state index contributed by atoms with van der Waals surface area (Å²) in [5.74, 6) is 3.90. The Morgan fingerprint density at radius 1 is 0.339 bits per heavy atom. The van der Waals surface area contributed by atoms with E-state index >= 15 is 0 Å². The van der Waals surface area contributed by atoms with Crippen LogP contribution < -0.4 is 41.9 Å². The van der Waals surface area contributed by atoms with Crippen LogP contribution in [0.5, 0.6) is 23.0 Å². The summed E-state index contributed by atoms with van der Waals surface area (Å²) in [6.45, 7) is 14.3. The lowest BCUT2D eigenvalue weighted by Gasteiger charge is -2.24. The molecule has 56 heavy (non-hydrogen) atoms. The van der Waals surface area contributed by atoms with Crippen LogP contribution in [0.2, 0.25) is 0 Å². The molecule has 0 heterocycles. The smallest absolute Gasteiger partial charge is 0.126 e. The fraction of sp³-hybridized carbons (Fsp3) is 0.500. The molecule has 8 heteroatoms. The fourth-order valence-electron chi connectivity index (χ4n) is 7.77. The third kappa shape index (κ3) is 11.1. The number of unbranched alkanes of at least 4 members (excludes halogenated alkanes) is 4. The first-order chi connectivity index (χ1) is 27.4. The molecule has 304 valence electrons. The van der Waals surface area contributed by atoms with E-state index in [0.29, 0.717) is 78.3 Å². The lowest BCUT2D eigenvalue weighted by molar-refractivity contribution is -0.386. The molecule has 5 rings (SSSR count). The number of ether oxygens (including phenoxy) is 4. The molecular weight excluding hydrogens is 697 g/mol. The zero-order chi connectivity index (χ0) is 39.9. The standard InChI is InChI=1S/C48H68N4O4/c1-5-9-13-53-45-37-17-33(29-49)18-38(45)26-40-20-35(31-51)22-42(47(40)55-15-11-7-3)28-44-24-36(32-52)23-43(48(44)56-16-12-8-4)27-41-21-34(30-50)19-39(25-37)46(41)54-14-10-6-2/h17-24H,5-16,25-32,49-52H2,1-4H3/p+4. The normalized spacial score (nSPS) is 12.4. The summed E-state index contributed by atoms with van der Waals surface area (Å²) in [6.07, 6.45) is 10.9. The minimum atomic E-state index is 0.665. The molecule has 4 aromatic rings. The number of hydrogen-bond acceptors (Lipinski definition) is 4. The van der Waals surface area contributed by atoms with Crippen LogP contribution in [0.25, 0.3) is 0 Å². The van der Waals surface area contributed by atoms with Gasteiger partial charge in [-0.05, 0) is 119 Å². The van der Waals surface area contributed by atoms with E-state index in [4.69, 9.17) is 18.9 Å². The van der Waals surface area contributed by atoms with Crippen molar-refractivity contribution >= 4 is 0 Å². The second kappa shape index (κ2) is 22.0. The molecule has 4 aromatic carbocycles. The van der Waals surface area contributed by atoms with Crippen LogP contribution in [0.3, 0.4) is 0 Å². The van der Waals surface area contributed by atoms with Crippen LogP contribution in [0.15, 0.2) is 48.5 Å². The van der Waals surface area contributed by atoms with Crippen LogP contribution in [-0.2, 0) is 51.9 Å². The van der Waals surface area contributed by atoms with E-state index in [1.807, 2.05) is 0 Å². The lowest BCUT2D eigenvalue weighted by Crippen LogP contribution is -2.47. The van der Waals surface area contributed by atoms with Crippen molar-refractivity contribution in [1.29, 1.82) is 0 Å². The van der Waals surface area contributed by atoms with Crippen molar-refractivity contribution in [3.05, 3.63) is 115 Å². The molecule has 0 saturated heterocycles. The molecule has 12 N–H and O–H groups in total. The predicted molar refractivity (Wildman–Crippen MR) is 225 cm³/mol. The van der Waals surface area contributed by atoms with E-state index in [1.54, 1.807) is 0 Å². The predicted octanol–water partition coefficient (Wildman–Crippen LogP) is 6.05. The Morgan fingerprint density at radius 3 is 0.661 bits per heavy atom. The maximum Gasteiger partial charge on any atom is 0.126 e. The lowest BCUT2D eigenvalue weighted by atomic mass is 9.88. The van der Waals surface area contributed by atoms with Crippen LogP contribution in [0.4, 0.5) is 0 Å².